The second kappa shape index (κ2) is 8.83. The van der Waals surface area contributed by atoms with Crippen molar-refractivity contribution in [1.29, 1.82) is 0 Å². The summed E-state index contributed by atoms with van der Waals surface area (Å²) in [6.07, 6.45) is 1.56. The fraction of sp³-hybridized carbons (Fsp3) is 0.286. The van der Waals surface area contributed by atoms with Gasteiger partial charge in [-0.15, -0.1) is 11.3 Å². The Morgan fingerprint density at radius 2 is 1.87 bits per heavy atom. The highest BCUT2D eigenvalue weighted by atomic mass is 35.5. The molecule has 0 N–H and O–H groups in total. The monoisotopic (exact) mass is 484 g/mol. The maximum Gasteiger partial charge on any atom is 0.185 e. The minimum Gasteiger partial charge on any atom is -0.348 e. The third-order valence-electron chi connectivity index (χ3n) is 5.12. The number of nitrogens with zero attached hydrogens (tertiary/aromatic N) is 2. The molecular weight excluding hydrogens is 466 g/mol. The van der Waals surface area contributed by atoms with Crippen molar-refractivity contribution in [3.63, 3.8) is 0 Å². The number of anilines is 1. The molecule has 1 aliphatic rings. The van der Waals surface area contributed by atoms with Crippen molar-refractivity contribution in [2.45, 2.75) is 29.4 Å². The zero-order chi connectivity index (χ0) is 21.3. The van der Waals surface area contributed by atoms with Gasteiger partial charge < -0.3 is 4.90 Å². The van der Waals surface area contributed by atoms with Crippen LogP contribution < -0.4 is 4.90 Å². The number of sulfone groups is 1. The molecule has 3 aromatic rings. The van der Waals surface area contributed by atoms with E-state index in [1.165, 1.54) is 29.5 Å². The van der Waals surface area contributed by atoms with Gasteiger partial charge in [-0.1, -0.05) is 29.3 Å². The zero-order valence-electron chi connectivity index (χ0n) is 15.9. The van der Waals surface area contributed by atoms with Crippen molar-refractivity contribution < 1.29 is 12.8 Å². The summed E-state index contributed by atoms with van der Waals surface area (Å²) in [5, 5.41) is 3.15. The molecule has 4 nitrogen and oxygen atoms in total. The number of benzene rings is 2. The third kappa shape index (κ3) is 4.80. The molecule has 158 valence electrons. The highest BCUT2D eigenvalue weighted by molar-refractivity contribution is 7.92. The van der Waals surface area contributed by atoms with Crippen LogP contribution in [0.15, 0.2) is 52.7 Å². The fourth-order valence-corrected chi connectivity index (χ4v) is 6.79. The maximum atomic E-state index is 13.5. The van der Waals surface area contributed by atoms with Crippen molar-refractivity contribution in [3.8, 4) is 0 Å². The highest BCUT2D eigenvalue weighted by Gasteiger charge is 2.32. The molecule has 0 saturated carbocycles. The Labute approximate surface area is 189 Å². The molecule has 1 aromatic heterocycles. The van der Waals surface area contributed by atoms with E-state index in [9.17, 15) is 12.8 Å². The lowest BCUT2D eigenvalue weighted by molar-refractivity contribution is 0.529. The first kappa shape index (κ1) is 21.6. The minimum atomic E-state index is -3.41. The van der Waals surface area contributed by atoms with Gasteiger partial charge in [0.05, 0.1) is 15.8 Å². The average molecular weight is 485 g/mol. The smallest absolute Gasteiger partial charge is 0.185 e. The third-order valence-corrected chi connectivity index (χ3v) is 8.79. The Hall–Kier alpha value is -1.67. The number of halogens is 3. The van der Waals surface area contributed by atoms with Gasteiger partial charge in [-0.05, 0) is 54.8 Å². The van der Waals surface area contributed by atoms with E-state index in [4.69, 9.17) is 23.2 Å². The first-order valence-electron chi connectivity index (χ1n) is 9.45. The van der Waals surface area contributed by atoms with Crippen LogP contribution in [-0.2, 0) is 16.3 Å². The van der Waals surface area contributed by atoms with Gasteiger partial charge in [0.15, 0.2) is 15.0 Å². The van der Waals surface area contributed by atoms with Crippen LogP contribution in [0.1, 0.15) is 24.1 Å². The number of hydrogen-bond donors (Lipinski definition) is 0. The highest BCUT2D eigenvalue weighted by Crippen LogP contribution is 2.30. The van der Waals surface area contributed by atoms with E-state index in [0.29, 0.717) is 42.4 Å². The van der Waals surface area contributed by atoms with Crippen molar-refractivity contribution in [2.75, 3.05) is 18.0 Å². The summed E-state index contributed by atoms with van der Waals surface area (Å²) in [6.45, 7) is 1.23. The lowest BCUT2D eigenvalue weighted by atomic mass is 10.1. The van der Waals surface area contributed by atoms with E-state index in [-0.39, 0.29) is 10.7 Å². The van der Waals surface area contributed by atoms with Gasteiger partial charge in [0, 0.05) is 34.9 Å². The van der Waals surface area contributed by atoms with Gasteiger partial charge in [-0.25, -0.2) is 17.8 Å². The topological polar surface area (TPSA) is 50.3 Å². The lowest BCUT2D eigenvalue weighted by Gasteiger charge is -2.31. The van der Waals surface area contributed by atoms with E-state index in [0.717, 1.165) is 16.4 Å². The van der Waals surface area contributed by atoms with Crippen LogP contribution in [0.4, 0.5) is 9.52 Å². The summed E-state index contributed by atoms with van der Waals surface area (Å²) in [7, 11) is -3.41. The van der Waals surface area contributed by atoms with Crippen LogP contribution in [0.2, 0.25) is 10.0 Å². The molecule has 0 aliphatic carbocycles. The van der Waals surface area contributed by atoms with Crippen molar-refractivity contribution in [2.24, 2.45) is 0 Å². The van der Waals surface area contributed by atoms with E-state index in [1.54, 1.807) is 24.3 Å². The number of rotatable bonds is 5. The van der Waals surface area contributed by atoms with Crippen molar-refractivity contribution in [1.82, 2.24) is 4.98 Å². The van der Waals surface area contributed by atoms with Gasteiger partial charge in [0.2, 0.25) is 0 Å². The number of aromatic nitrogens is 1. The van der Waals surface area contributed by atoms with Crippen LogP contribution >= 0.6 is 34.5 Å². The van der Waals surface area contributed by atoms with Crippen LogP contribution in [0.25, 0.3) is 0 Å². The van der Waals surface area contributed by atoms with Crippen LogP contribution in [0.5, 0.6) is 0 Å². The molecule has 9 heteroatoms. The SMILES string of the molecule is O=S(=O)(c1cccc(Cl)c1)C1CCN(c2nc(Cc3cc(F)cc(Cl)c3)cs2)CC1. The van der Waals surface area contributed by atoms with E-state index < -0.39 is 15.1 Å². The van der Waals surface area contributed by atoms with Gasteiger partial charge in [0.25, 0.3) is 0 Å². The largest absolute Gasteiger partial charge is 0.348 e. The number of thiazole rings is 1. The Kier molecular flexibility index (Phi) is 6.34. The van der Waals surface area contributed by atoms with Crippen molar-refractivity contribution >= 4 is 49.5 Å². The molecule has 30 heavy (non-hydrogen) atoms. The first-order valence-corrected chi connectivity index (χ1v) is 12.6. The van der Waals surface area contributed by atoms with Gasteiger partial charge in [0.1, 0.15) is 5.82 Å². The molecule has 4 rings (SSSR count). The molecule has 0 amide bonds. The van der Waals surface area contributed by atoms with Crippen LogP contribution in [0.3, 0.4) is 0 Å². The molecule has 1 fully saturated rings. The Morgan fingerprint density at radius 3 is 2.57 bits per heavy atom. The second-order valence-electron chi connectivity index (χ2n) is 7.26. The van der Waals surface area contributed by atoms with Crippen molar-refractivity contribution in [3.05, 3.63) is 75.0 Å². The summed E-state index contributed by atoms with van der Waals surface area (Å²) in [5.74, 6) is -0.365. The normalized spacial score (nSPS) is 15.5. The minimum absolute atomic E-state index is 0.277. The van der Waals surface area contributed by atoms with E-state index in [1.807, 2.05) is 5.38 Å². The summed E-state index contributed by atoms with van der Waals surface area (Å²) in [4.78, 5) is 7.04. The summed E-state index contributed by atoms with van der Waals surface area (Å²) < 4.78 is 39.4. The summed E-state index contributed by atoms with van der Waals surface area (Å²) in [6, 6.07) is 10.9. The molecule has 2 heterocycles. The average Bonchev–Trinajstić information content (AvgIpc) is 3.16. The maximum absolute atomic E-state index is 13.5. The summed E-state index contributed by atoms with van der Waals surface area (Å²) in [5.41, 5.74) is 1.61. The quantitative estimate of drug-likeness (QED) is 0.471. The van der Waals surface area contributed by atoms with Gasteiger partial charge in [-0.3, -0.25) is 0 Å². The standard InChI is InChI=1S/C21H19Cl2FN2O2S2/c22-15-2-1-3-20(12-15)30(27,28)19-4-6-26(7-5-19)21-25-18(13-29-21)10-14-8-16(23)11-17(24)9-14/h1-3,8-9,11-13,19H,4-7,10H2. The molecule has 0 atom stereocenters. The second-order valence-corrected chi connectivity index (χ2v) is 11.2. The molecule has 0 spiro atoms. The van der Waals surface area contributed by atoms with E-state index >= 15 is 0 Å². The predicted octanol–water partition coefficient (Wildman–Crippen LogP) is 5.62. The summed E-state index contributed by atoms with van der Waals surface area (Å²) >= 11 is 13.4. The Morgan fingerprint density at radius 1 is 1.10 bits per heavy atom. The molecule has 0 radical (unpaired) electrons. The Bertz CT molecular complexity index is 1140. The molecule has 1 aliphatic heterocycles. The molecule has 0 unspecified atom stereocenters. The zero-order valence-corrected chi connectivity index (χ0v) is 19.0. The number of hydrogen-bond acceptors (Lipinski definition) is 5. The molecular formula is C21H19Cl2FN2O2S2. The fourth-order valence-electron chi connectivity index (χ4n) is 3.64. The van der Waals surface area contributed by atoms with Crippen LogP contribution in [0, 0.1) is 5.82 Å². The molecule has 0 bridgehead atoms. The van der Waals surface area contributed by atoms with E-state index in [2.05, 4.69) is 9.88 Å². The predicted molar refractivity (Wildman–Crippen MR) is 120 cm³/mol. The number of piperidine rings is 1. The van der Waals surface area contributed by atoms with Gasteiger partial charge in [-0.2, -0.15) is 0 Å². The lowest BCUT2D eigenvalue weighted by Crippen LogP contribution is -2.39. The van der Waals surface area contributed by atoms with Crippen LogP contribution in [-0.4, -0.2) is 31.7 Å². The first-order chi connectivity index (χ1) is 14.3. The molecule has 1 saturated heterocycles. The van der Waals surface area contributed by atoms with Gasteiger partial charge >= 0.3 is 0 Å². The Balaban J connectivity index is 1.41. The molecule has 2 aromatic carbocycles.